The molecule has 0 fully saturated rings. The molecule has 4 heteroatoms. The highest BCUT2D eigenvalue weighted by Gasteiger charge is 2.21. The summed E-state index contributed by atoms with van der Waals surface area (Å²) in [6, 6.07) is 57.2. The molecular formula is C45H28N4. The van der Waals surface area contributed by atoms with Crippen LogP contribution in [0.3, 0.4) is 0 Å². The lowest BCUT2D eigenvalue weighted by atomic mass is 9.91. The van der Waals surface area contributed by atoms with Gasteiger partial charge < -0.3 is 9.13 Å². The maximum absolute atomic E-state index is 10.5. The van der Waals surface area contributed by atoms with Gasteiger partial charge in [-0.05, 0) is 90.3 Å². The predicted octanol–water partition coefficient (Wildman–Crippen LogP) is 11.3. The Kier molecular flexibility index (Phi) is 6.44. The zero-order chi connectivity index (χ0) is 33.1. The van der Waals surface area contributed by atoms with Gasteiger partial charge in [0.1, 0.15) is 0 Å². The summed E-state index contributed by atoms with van der Waals surface area (Å²) in [6.07, 6.45) is 0. The van der Waals surface area contributed by atoms with Crippen molar-refractivity contribution in [2.24, 2.45) is 0 Å². The smallest absolute Gasteiger partial charge is 0.0992 e. The Morgan fingerprint density at radius 3 is 1.84 bits per heavy atom. The molecule has 0 aliphatic heterocycles. The van der Waals surface area contributed by atoms with Crippen LogP contribution in [0.25, 0.3) is 77.2 Å². The number of nitrogens with zero attached hydrogens (tertiary/aromatic N) is 4. The van der Waals surface area contributed by atoms with E-state index in [9.17, 15) is 10.5 Å². The lowest BCUT2D eigenvalue weighted by Crippen LogP contribution is -2.01. The quantitative estimate of drug-likeness (QED) is 0.196. The fourth-order valence-corrected chi connectivity index (χ4v) is 7.50. The van der Waals surface area contributed by atoms with Gasteiger partial charge in [0.05, 0.1) is 51.0 Å². The normalized spacial score (nSPS) is 11.3. The van der Waals surface area contributed by atoms with Gasteiger partial charge in [0.25, 0.3) is 0 Å². The predicted molar refractivity (Wildman–Crippen MR) is 200 cm³/mol. The molecule has 0 radical (unpaired) electrons. The van der Waals surface area contributed by atoms with E-state index in [0.717, 1.165) is 66.5 Å². The molecule has 0 atom stereocenters. The SMILES string of the molecule is Cc1ccc2c(c1)c1ccccc1n2-c1cc(C#N)cc(-c2c(-c3ccccc3)cccc2-n2c3ccccc3c3cc(C#N)ccc32)c1. The van der Waals surface area contributed by atoms with Gasteiger partial charge in [0.15, 0.2) is 0 Å². The minimum absolute atomic E-state index is 0.584. The van der Waals surface area contributed by atoms with Crippen LogP contribution in [0, 0.1) is 29.6 Å². The lowest BCUT2D eigenvalue weighted by Gasteiger charge is -2.20. The summed E-state index contributed by atoms with van der Waals surface area (Å²) in [5.74, 6) is 0. The van der Waals surface area contributed by atoms with Crippen molar-refractivity contribution in [3.63, 3.8) is 0 Å². The largest absolute Gasteiger partial charge is 0.309 e. The van der Waals surface area contributed by atoms with Gasteiger partial charge in [-0.2, -0.15) is 10.5 Å². The van der Waals surface area contributed by atoms with Crippen LogP contribution in [0.1, 0.15) is 16.7 Å². The number of hydrogen-bond acceptors (Lipinski definition) is 2. The Labute approximate surface area is 283 Å². The van der Waals surface area contributed by atoms with E-state index in [0.29, 0.717) is 11.1 Å². The van der Waals surface area contributed by atoms with Gasteiger partial charge in [0, 0.05) is 32.8 Å². The van der Waals surface area contributed by atoms with Crippen LogP contribution < -0.4 is 0 Å². The second-order valence-corrected chi connectivity index (χ2v) is 12.5. The van der Waals surface area contributed by atoms with E-state index in [2.05, 4.69) is 137 Å². The Balaban J connectivity index is 1.40. The fourth-order valence-electron chi connectivity index (χ4n) is 7.50. The summed E-state index contributed by atoms with van der Waals surface area (Å²) in [6.45, 7) is 2.12. The fraction of sp³-hybridized carbons (Fsp3) is 0.0222. The van der Waals surface area contributed by atoms with Crippen LogP contribution in [0.2, 0.25) is 0 Å². The van der Waals surface area contributed by atoms with Crippen LogP contribution in [0.5, 0.6) is 0 Å². The molecule has 2 aromatic heterocycles. The van der Waals surface area contributed by atoms with Gasteiger partial charge >= 0.3 is 0 Å². The second kappa shape index (κ2) is 11.1. The van der Waals surface area contributed by atoms with Crippen molar-refractivity contribution in [2.75, 3.05) is 0 Å². The van der Waals surface area contributed by atoms with E-state index in [-0.39, 0.29) is 0 Å². The average Bonchev–Trinajstić information content (AvgIpc) is 3.66. The molecular weight excluding hydrogens is 597 g/mol. The molecule has 0 aliphatic carbocycles. The molecule has 9 aromatic rings. The average molecular weight is 625 g/mol. The number of aromatic nitrogens is 2. The van der Waals surface area contributed by atoms with Crippen molar-refractivity contribution in [1.82, 2.24) is 9.13 Å². The summed E-state index contributed by atoms with van der Waals surface area (Å²) in [5.41, 5.74) is 12.7. The topological polar surface area (TPSA) is 57.4 Å². The highest BCUT2D eigenvalue weighted by molar-refractivity contribution is 6.11. The summed E-state index contributed by atoms with van der Waals surface area (Å²) in [7, 11) is 0. The first-order valence-corrected chi connectivity index (χ1v) is 16.3. The van der Waals surface area contributed by atoms with E-state index in [1.807, 2.05) is 42.5 Å². The van der Waals surface area contributed by atoms with E-state index in [1.54, 1.807) is 0 Å². The van der Waals surface area contributed by atoms with Gasteiger partial charge in [-0.15, -0.1) is 0 Å². The van der Waals surface area contributed by atoms with Crippen LogP contribution in [0.4, 0.5) is 0 Å². The molecule has 49 heavy (non-hydrogen) atoms. The molecule has 2 heterocycles. The van der Waals surface area contributed by atoms with Gasteiger partial charge in [-0.25, -0.2) is 0 Å². The number of para-hydroxylation sites is 2. The number of hydrogen-bond donors (Lipinski definition) is 0. The third-order valence-corrected chi connectivity index (χ3v) is 9.59. The summed E-state index contributed by atoms with van der Waals surface area (Å²) in [5, 5.41) is 24.7. The van der Waals surface area contributed by atoms with Crippen LogP contribution >= 0.6 is 0 Å². The van der Waals surface area contributed by atoms with E-state index in [1.165, 1.54) is 16.3 Å². The van der Waals surface area contributed by atoms with Gasteiger partial charge in [-0.1, -0.05) is 90.5 Å². The first-order valence-electron chi connectivity index (χ1n) is 16.3. The van der Waals surface area contributed by atoms with Crippen molar-refractivity contribution >= 4 is 43.6 Å². The van der Waals surface area contributed by atoms with Gasteiger partial charge in [0.2, 0.25) is 0 Å². The minimum atomic E-state index is 0.584. The molecule has 0 N–H and O–H groups in total. The monoisotopic (exact) mass is 624 g/mol. The third kappa shape index (κ3) is 4.43. The van der Waals surface area contributed by atoms with Crippen molar-refractivity contribution in [1.29, 1.82) is 10.5 Å². The standard InChI is InChI=1S/C45H28N4/c1-29-18-20-42-38(22-29)36-12-5-7-15-40(36)48(42)34-24-31(28-47)23-33(26-34)45-35(32-10-3-2-4-11-32)14-9-17-44(45)49-41-16-8-6-13-37(41)39-25-30(27-46)19-21-43(39)49/h2-26H,1H3. The Morgan fingerprint density at radius 1 is 0.449 bits per heavy atom. The highest BCUT2D eigenvalue weighted by atomic mass is 15.0. The van der Waals surface area contributed by atoms with Crippen LogP contribution in [-0.2, 0) is 0 Å². The first kappa shape index (κ1) is 28.4. The highest BCUT2D eigenvalue weighted by Crippen LogP contribution is 2.43. The number of aryl methyl sites for hydroxylation is 1. The van der Waals surface area contributed by atoms with Crippen LogP contribution in [-0.4, -0.2) is 9.13 Å². The Hall–Kier alpha value is -6.88. The van der Waals surface area contributed by atoms with E-state index in [4.69, 9.17) is 0 Å². The van der Waals surface area contributed by atoms with Crippen molar-refractivity contribution in [3.05, 3.63) is 168 Å². The lowest BCUT2D eigenvalue weighted by molar-refractivity contribution is 1.17. The van der Waals surface area contributed by atoms with Crippen molar-refractivity contribution in [3.8, 4) is 45.8 Å². The maximum Gasteiger partial charge on any atom is 0.0992 e. The summed E-state index contributed by atoms with van der Waals surface area (Å²) in [4.78, 5) is 0. The van der Waals surface area contributed by atoms with Crippen LogP contribution in [0.15, 0.2) is 152 Å². The molecule has 0 saturated heterocycles. The molecule has 9 rings (SSSR count). The summed E-state index contributed by atoms with van der Waals surface area (Å²) >= 11 is 0. The number of fused-ring (bicyclic) bond motifs is 6. The molecule has 0 amide bonds. The molecule has 0 aliphatic rings. The molecule has 7 aromatic carbocycles. The molecule has 4 nitrogen and oxygen atoms in total. The van der Waals surface area contributed by atoms with Crippen molar-refractivity contribution < 1.29 is 0 Å². The number of benzene rings is 7. The maximum atomic E-state index is 10.5. The minimum Gasteiger partial charge on any atom is -0.309 e. The zero-order valence-corrected chi connectivity index (χ0v) is 26.7. The van der Waals surface area contributed by atoms with E-state index >= 15 is 0 Å². The van der Waals surface area contributed by atoms with Gasteiger partial charge in [-0.3, -0.25) is 0 Å². The zero-order valence-electron chi connectivity index (χ0n) is 26.7. The number of nitriles is 2. The molecule has 0 unspecified atom stereocenters. The van der Waals surface area contributed by atoms with Crippen molar-refractivity contribution in [2.45, 2.75) is 6.92 Å². The third-order valence-electron chi connectivity index (χ3n) is 9.59. The Morgan fingerprint density at radius 2 is 1.08 bits per heavy atom. The number of rotatable bonds is 4. The molecule has 0 spiro atoms. The molecule has 0 saturated carbocycles. The van der Waals surface area contributed by atoms with E-state index < -0.39 is 0 Å². The molecule has 228 valence electrons. The summed E-state index contributed by atoms with van der Waals surface area (Å²) < 4.78 is 4.58. The second-order valence-electron chi connectivity index (χ2n) is 12.5. The molecule has 0 bridgehead atoms. The first-order chi connectivity index (χ1) is 24.1. The Bertz CT molecular complexity index is 2860.